The molecule has 0 rings (SSSR count). The Balaban J connectivity index is 4.59. The molecular formula is C24H50O4. The molecule has 0 bridgehead atoms. The van der Waals surface area contributed by atoms with Crippen LogP contribution in [0.5, 0.6) is 0 Å². The van der Waals surface area contributed by atoms with Gasteiger partial charge in [-0.25, -0.2) is 19.6 Å². The molecule has 4 nitrogen and oxygen atoms in total. The van der Waals surface area contributed by atoms with Crippen molar-refractivity contribution in [1.82, 2.24) is 0 Å². The van der Waals surface area contributed by atoms with Gasteiger partial charge in [0.2, 0.25) is 0 Å². The second-order valence-corrected chi connectivity index (χ2v) is 11.1. The van der Waals surface area contributed by atoms with Crippen molar-refractivity contribution in [1.29, 1.82) is 0 Å². The molecule has 1 atom stereocenters. The van der Waals surface area contributed by atoms with Crippen molar-refractivity contribution < 1.29 is 19.6 Å². The van der Waals surface area contributed by atoms with E-state index in [0.717, 1.165) is 25.7 Å². The third kappa shape index (κ3) is 16.8. The highest BCUT2D eigenvalue weighted by molar-refractivity contribution is 4.79. The molecular weight excluding hydrogens is 352 g/mol. The van der Waals surface area contributed by atoms with Crippen LogP contribution in [0.15, 0.2) is 0 Å². The Morgan fingerprint density at radius 3 is 1.43 bits per heavy atom. The second kappa shape index (κ2) is 12.5. The van der Waals surface area contributed by atoms with Crippen molar-refractivity contribution in [3.05, 3.63) is 0 Å². The lowest BCUT2D eigenvalue weighted by Crippen LogP contribution is -2.37. The van der Waals surface area contributed by atoms with Gasteiger partial charge in [0.05, 0.1) is 16.8 Å². The van der Waals surface area contributed by atoms with E-state index in [-0.39, 0.29) is 22.4 Å². The first-order valence-corrected chi connectivity index (χ1v) is 11.4. The van der Waals surface area contributed by atoms with E-state index in [1.807, 2.05) is 41.5 Å². The molecule has 0 aromatic rings. The zero-order valence-electron chi connectivity index (χ0n) is 20.7. The smallest absolute Gasteiger partial charge is 0.101 e. The van der Waals surface area contributed by atoms with Crippen molar-refractivity contribution in [2.75, 3.05) is 0 Å². The van der Waals surface area contributed by atoms with Crippen LogP contribution < -0.4 is 0 Å². The molecule has 0 aliphatic heterocycles. The standard InChI is InChI=1S/C24H50O4/c1-11-12-13-14-15-16-17-18-24(10,28-26-22(5,6)7)20-19-23(8,9)27-25-21(2,3)4/h11-20H2,1-10H3. The molecule has 4 heteroatoms. The Bertz CT molecular complexity index is 392. The van der Waals surface area contributed by atoms with Crippen LogP contribution in [-0.4, -0.2) is 22.4 Å². The molecule has 28 heavy (non-hydrogen) atoms. The molecule has 0 aromatic heterocycles. The summed E-state index contributed by atoms with van der Waals surface area (Å²) in [5.74, 6) is 0. The summed E-state index contributed by atoms with van der Waals surface area (Å²) in [6.45, 7) is 20.6. The van der Waals surface area contributed by atoms with Crippen LogP contribution in [0.4, 0.5) is 0 Å². The zero-order chi connectivity index (χ0) is 21.9. The predicted molar refractivity (Wildman–Crippen MR) is 118 cm³/mol. The molecule has 0 radical (unpaired) electrons. The normalized spacial score (nSPS) is 15.6. The third-order valence-corrected chi connectivity index (χ3v) is 4.58. The van der Waals surface area contributed by atoms with Crippen LogP contribution in [0, 0.1) is 0 Å². The molecule has 0 spiro atoms. The van der Waals surface area contributed by atoms with E-state index in [4.69, 9.17) is 19.6 Å². The maximum atomic E-state index is 5.98. The number of hydrogen-bond acceptors (Lipinski definition) is 4. The van der Waals surface area contributed by atoms with Gasteiger partial charge < -0.3 is 0 Å². The van der Waals surface area contributed by atoms with Gasteiger partial charge in [0.15, 0.2) is 0 Å². The first-order chi connectivity index (χ1) is 12.7. The van der Waals surface area contributed by atoms with E-state index in [1.54, 1.807) is 0 Å². The first kappa shape index (κ1) is 27.8. The predicted octanol–water partition coefficient (Wildman–Crippen LogP) is 7.94. The SMILES string of the molecule is CCCCCCCCCC(C)(CCC(C)(C)OOC(C)(C)C)OOC(C)(C)C. The fourth-order valence-corrected chi connectivity index (χ4v) is 2.73. The lowest BCUT2D eigenvalue weighted by Gasteiger charge is -2.35. The Kier molecular flexibility index (Phi) is 12.4. The van der Waals surface area contributed by atoms with Crippen LogP contribution in [-0.2, 0) is 19.6 Å². The van der Waals surface area contributed by atoms with Gasteiger partial charge in [-0.3, -0.25) is 0 Å². The van der Waals surface area contributed by atoms with E-state index in [2.05, 4.69) is 27.7 Å². The van der Waals surface area contributed by atoms with Crippen LogP contribution in [0.2, 0.25) is 0 Å². The molecule has 0 heterocycles. The average Bonchev–Trinajstić information content (AvgIpc) is 2.55. The number of unbranched alkanes of at least 4 members (excludes halogenated alkanes) is 6. The summed E-state index contributed by atoms with van der Waals surface area (Å²) in [4.78, 5) is 23.0. The molecule has 0 amide bonds. The monoisotopic (exact) mass is 402 g/mol. The maximum absolute atomic E-state index is 5.98. The van der Waals surface area contributed by atoms with Gasteiger partial charge in [-0.15, -0.1) is 0 Å². The van der Waals surface area contributed by atoms with E-state index in [1.165, 1.54) is 38.5 Å². The molecule has 0 N–H and O–H groups in total. The summed E-state index contributed by atoms with van der Waals surface area (Å²) in [7, 11) is 0. The summed E-state index contributed by atoms with van der Waals surface area (Å²) in [5, 5.41) is 0. The van der Waals surface area contributed by atoms with Crippen LogP contribution in [0.1, 0.15) is 133 Å². The zero-order valence-corrected chi connectivity index (χ0v) is 20.7. The minimum absolute atomic E-state index is 0.315. The first-order valence-electron chi connectivity index (χ1n) is 11.4. The van der Waals surface area contributed by atoms with Gasteiger partial charge in [0.1, 0.15) is 5.60 Å². The Morgan fingerprint density at radius 1 is 0.464 bits per heavy atom. The van der Waals surface area contributed by atoms with Crippen LogP contribution in [0.3, 0.4) is 0 Å². The topological polar surface area (TPSA) is 36.9 Å². The largest absolute Gasteiger partial charge is 0.230 e. The van der Waals surface area contributed by atoms with E-state index in [0.29, 0.717) is 0 Å². The second-order valence-electron chi connectivity index (χ2n) is 11.1. The van der Waals surface area contributed by atoms with Crippen molar-refractivity contribution in [2.45, 2.75) is 156 Å². The Labute approximate surface area is 175 Å². The van der Waals surface area contributed by atoms with Gasteiger partial charge >= 0.3 is 0 Å². The fourth-order valence-electron chi connectivity index (χ4n) is 2.73. The average molecular weight is 403 g/mol. The summed E-state index contributed by atoms with van der Waals surface area (Å²) in [5.41, 5.74) is -1.33. The highest BCUT2D eigenvalue weighted by Gasteiger charge is 2.33. The van der Waals surface area contributed by atoms with Crippen LogP contribution >= 0.6 is 0 Å². The van der Waals surface area contributed by atoms with Crippen molar-refractivity contribution in [3.63, 3.8) is 0 Å². The summed E-state index contributed by atoms with van der Waals surface area (Å²) in [6.07, 6.45) is 11.8. The van der Waals surface area contributed by atoms with E-state index < -0.39 is 0 Å². The highest BCUT2D eigenvalue weighted by Crippen LogP contribution is 2.32. The molecule has 0 aliphatic rings. The molecule has 0 aromatic carbocycles. The lowest BCUT2D eigenvalue weighted by molar-refractivity contribution is -0.413. The van der Waals surface area contributed by atoms with Crippen molar-refractivity contribution in [2.24, 2.45) is 0 Å². The van der Waals surface area contributed by atoms with Crippen LogP contribution in [0.25, 0.3) is 0 Å². The van der Waals surface area contributed by atoms with Gasteiger partial charge in [-0.05, 0) is 81.6 Å². The third-order valence-electron chi connectivity index (χ3n) is 4.58. The van der Waals surface area contributed by atoms with Crippen molar-refractivity contribution >= 4 is 0 Å². The quantitative estimate of drug-likeness (QED) is 0.158. The molecule has 0 saturated carbocycles. The molecule has 0 fully saturated rings. The molecule has 0 aliphatic carbocycles. The van der Waals surface area contributed by atoms with Gasteiger partial charge in [0, 0.05) is 0 Å². The maximum Gasteiger partial charge on any atom is 0.101 e. The highest BCUT2D eigenvalue weighted by atomic mass is 17.2. The van der Waals surface area contributed by atoms with E-state index >= 15 is 0 Å². The lowest BCUT2D eigenvalue weighted by atomic mass is 9.88. The summed E-state index contributed by atoms with van der Waals surface area (Å²) < 4.78 is 0. The number of hydrogen-bond donors (Lipinski definition) is 0. The molecule has 170 valence electrons. The Hall–Kier alpha value is -0.160. The fraction of sp³-hybridized carbons (Fsp3) is 1.00. The molecule has 1 unspecified atom stereocenters. The minimum Gasteiger partial charge on any atom is -0.230 e. The van der Waals surface area contributed by atoms with E-state index in [9.17, 15) is 0 Å². The minimum atomic E-state index is -0.375. The van der Waals surface area contributed by atoms with Gasteiger partial charge in [-0.2, -0.15) is 0 Å². The summed E-state index contributed by atoms with van der Waals surface area (Å²) in [6, 6.07) is 0. The van der Waals surface area contributed by atoms with Gasteiger partial charge in [-0.1, -0.05) is 51.9 Å². The Morgan fingerprint density at radius 2 is 0.929 bits per heavy atom. The van der Waals surface area contributed by atoms with Gasteiger partial charge in [0.25, 0.3) is 0 Å². The van der Waals surface area contributed by atoms with Crippen molar-refractivity contribution in [3.8, 4) is 0 Å². The number of rotatable bonds is 15. The summed E-state index contributed by atoms with van der Waals surface area (Å²) >= 11 is 0. The molecule has 0 saturated heterocycles.